The molecule has 1 unspecified atom stereocenters. The topological polar surface area (TPSA) is 49.4 Å². The van der Waals surface area contributed by atoms with Gasteiger partial charge in [-0.25, -0.2) is 0 Å². The molecule has 0 heterocycles. The summed E-state index contributed by atoms with van der Waals surface area (Å²) in [6.45, 7) is 6.30. The first kappa shape index (κ1) is 16.5. The van der Waals surface area contributed by atoms with Crippen LogP contribution in [0.5, 0.6) is 0 Å². The largest absolute Gasteiger partial charge is 0.344 e. The van der Waals surface area contributed by atoms with Crippen molar-refractivity contribution in [3.05, 3.63) is 34.9 Å². The lowest BCUT2D eigenvalue weighted by atomic mass is 10.0. The zero-order valence-electron chi connectivity index (χ0n) is 12.3. The Morgan fingerprint density at radius 2 is 1.90 bits per heavy atom. The van der Waals surface area contributed by atoms with Crippen LogP contribution in [-0.4, -0.2) is 36.3 Å². The monoisotopic (exact) mass is 296 g/mol. The van der Waals surface area contributed by atoms with Crippen LogP contribution in [0.1, 0.15) is 31.1 Å². The van der Waals surface area contributed by atoms with Crippen molar-refractivity contribution < 1.29 is 9.59 Å². The van der Waals surface area contributed by atoms with Gasteiger partial charge in [-0.1, -0.05) is 37.6 Å². The van der Waals surface area contributed by atoms with Crippen LogP contribution < -0.4 is 5.32 Å². The second-order valence-electron chi connectivity index (χ2n) is 5.03. The SMILES string of the molecule is CCN(C)C(=O)C(NC(=O)c1ccccc1Cl)C(C)C. The molecule has 1 aromatic rings. The van der Waals surface area contributed by atoms with E-state index >= 15 is 0 Å². The van der Waals surface area contributed by atoms with Crippen molar-refractivity contribution in [2.45, 2.75) is 26.8 Å². The van der Waals surface area contributed by atoms with Gasteiger partial charge in [0, 0.05) is 13.6 Å². The third-order valence-electron chi connectivity index (χ3n) is 3.19. The van der Waals surface area contributed by atoms with Gasteiger partial charge in [0.2, 0.25) is 5.91 Å². The van der Waals surface area contributed by atoms with Crippen LogP contribution in [-0.2, 0) is 4.79 Å². The summed E-state index contributed by atoms with van der Waals surface area (Å²) in [6, 6.07) is 6.24. The highest BCUT2D eigenvalue weighted by molar-refractivity contribution is 6.33. The lowest BCUT2D eigenvalue weighted by Gasteiger charge is -2.26. The summed E-state index contributed by atoms with van der Waals surface area (Å²) >= 11 is 6.00. The number of carbonyl (C=O) groups excluding carboxylic acids is 2. The average Bonchev–Trinajstić information content (AvgIpc) is 2.43. The predicted molar refractivity (Wildman–Crippen MR) is 80.9 cm³/mol. The number of hydrogen-bond donors (Lipinski definition) is 1. The number of rotatable bonds is 5. The van der Waals surface area contributed by atoms with Gasteiger partial charge in [0.15, 0.2) is 0 Å². The molecule has 0 bridgehead atoms. The zero-order valence-corrected chi connectivity index (χ0v) is 13.1. The molecule has 0 saturated carbocycles. The minimum absolute atomic E-state index is 0.00272. The van der Waals surface area contributed by atoms with Crippen LogP contribution >= 0.6 is 11.6 Å². The van der Waals surface area contributed by atoms with Crippen LogP contribution in [0.25, 0.3) is 0 Å². The minimum atomic E-state index is -0.552. The lowest BCUT2D eigenvalue weighted by molar-refractivity contribution is -0.132. The van der Waals surface area contributed by atoms with Gasteiger partial charge >= 0.3 is 0 Å². The number of benzene rings is 1. The molecule has 5 heteroatoms. The van der Waals surface area contributed by atoms with E-state index in [9.17, 15) is 9.59 Å². The second kappa shape index (κ2) is 7.29. The minimum Gasteiger partial charge on any atom is -0.344 e. The van der Waals surface area contributed by atoms with Crippen LogP contribution in [0.3, 0.4) is 0 Å². The average molecular weight is 297 g/mol. The Labute approximate surface area is 125 Å². The molecule has 0 radical (unpaired) electrons. The Morgan fingerprint density at radius 3 is 2.40 bits per heavy atom. The van der Waals surface area contributed by atoms with Crippen molar-refractivity contribution in [1.29, 1.82) is 0 Å². The summed E-state index contributed by atoms with van der Waals surface area (Å²) < 4.78 is 0. The first-order valence-corrected chi connectivity index (χ1v) is 7.06. The third kappa shape index (κ3) is 3.97. The number of halogens is 1. The molecule has 0 aromatic heterocycles. The van der Waals surface area contributed by atoms with E-state index in [-0.39, 0.29) is 17.7 Å². The highest BCUT2D eigenvalue weighted by Gasteiger charge is 2.27. The van der Waals surface area contributed by atoms with E-state index in [2.05, 4.69) is 5.32 Å². The van der Waals surface area contributed by atoms with E-state index in [1.807, 2.05) is 20.8 Å². The maximum Gasteiger partial charge on any atom is 0.253 e. The maximum absolute atomic E-state index is 12.2. The third-order valence-corrected chi connectivity index (χ3v) is 3.52. The molecule has 1 atom stereocenters. The highest BCUT2D eigenvalue weighted by Crippen LogP contribution is 2.15. The summed E-state index contributed by atoms with van der Waals surface area (Å²) in [5.74, 6) is -0.419. The molecule has 1 aromatic carbocycles. The molecule has 0 saturated heterocycles. The molecule has 20 heavy (non-hydrogen) atoms. The standard InChI is InChI=1S/C15H21ClN2O2/c1-5-18(4)15(20)13(10(2)3)17-14(19)11-8-6-7-9-12(11)16/h6-10,13H,5H2,1-4H3,(H,17,19). The van der Waals surface area contributed by atoms with Crippen LogP contribution in [0.15, 0.2) is 24.3 Å². The van der Waals surface area contributed by atoms with Crippen molar-refractivity contribution in [2.75, 3.05) is 13.6 Å². The van der Waals surface area contributed by atoms with Gasteiger partial charge in [0.05, 0.1) is 10.6 Å². The molecule has 1 rings (SSSR count). The molecule has 0 aliphatic rings. The number of hydrogen-bond acceptors (Lipinski definition) is 2. The first-order valence-electron chi connectivity index (χ1n) is 6.68. The Hall–Kier alpha value is -1.55. The fourth-order valence-corrected chi connectivity index (χ4v) is 1.99. The van der Waals surface area contributed by atoms with Gasteiger partial charge in [-0.3, -0.25) is 9.59 Å². The van der Waals surface area contributed by atoms with E-state index in [0.717, 1.165) is 0 Å². The zero-order chi connectivity index (χ0) is 15.3. The van der Waals surface area contributed by atoms with Gasteiger partial charge in [0.25, 0.3) is 5.91 Å². The van der Waals surface area contributed by atoms with E-state index in [4.69, 9.17) is 11.6 Å². The van der Waals surface area contributed by atoms with Crippen LogP contribution in [0.4, 0.5) is 0 Å². The Morgan fingerprint density at radius 1 is 1.30 bits per heavy atom. The number of amides is 2. The summed E-state index contributed by atoms with van der Waals surface area (Å²) in [6.07, 6.45) is 0. The summed E-state index contributed by atoms with van der Waals surface area (Å²) in [5, 5.41) is 3.15. The van der Waals surface area contributed by atoms with Crippen molar-refractivity contribution in [3.8, 4) is 0 Å². The van der Waals surface area contributed by atoms with Gasteiger partial charge in [-0.15, -0.1) is 0 Å². The quantitative estimate of drug-likeness (QED) is 0.908. The van der Waals surface area contributed by atoms with Crippen molar-refractivity contribution in [1.82, 2.24) is 10.2 Å². The van der Waals surface area contributed by atoms with E-state index in [0.29, 0.717) is 17.1 Å². The Bertz CT molecular complexity index is 489. The molecule has 0 aliphatic carbocycles. The van der Waals surface area contributed by atoms with Crippen molar-refractivity contribution >= 4 is 23.4 Å². The number of nitrogens with zero attached hydrogens (tertiary/aromatic N) is 1. The van der Waals surface area contributed by atoms with E-state index in [1.54, 1.807) is 36.2 Å². The van der Waals surface area contributed by atoms with Crippen LogP contribution in [0, 0.1) is 5.92 Å². The Kier molecular flexibility index (Phi) is 6.02. The molecule has 110 valence electrons. The molecule has 0 fully saturated rings. The molecule has 1 N–H and O–H groups in total. The van der Waals surface area contributed by atoms with E-state index < -0.39 is 6.04 Å². The van der Waals surface area contributed by atoms with Crippen molar-refractivity contribution in [2.24, 2.45) is 5.92 Å². The van der Waals surface area contributed by atoms with Gasteiger partial charge in [0.1, 0.15) is 6.04 Å². The maximum atomic E-state index is 12.2. The van der Waals surface area contributed by atoms with Crippen molar-refractivity contribution in [3.63, 3.8) is 0 Å². The normalized spacial score (nSPS) is 12.1. The first-order chi connectivity index (χ1) is 9.38. The van der Waals surface area contributed by atoms with E-state index in [1.165, 1.54) is 0 Å². The summed E-state index contributed by atoms with van der Waals surface area (Å²) in [4.78, 5) is 26.1. The molecular weight excluding hydrogens is 276 g/mol. The second-order valence-corrected chi connectivity index (χ2v) is 5.43. The summed E-state index contributed by atoms with van der Waals surface area (Å²) in [5.41, 5.74) is 0.381. The summed E-state index contributed by atoms with van der Waals surface area (Å²) in [7, 11) is 1.72. The number of carbonyl (C=O) groups is 2. The molecule has 0 aliphatic heterocycles. The fraction of sp³-hybridized carbons (Fsp3) is 0.467. The predicted octanol–water partition coefficient (Wildman–Crippen LogP) is 2.57. The number of nitrogens with one attached hydrogen (secondary N) is 1. The Balaban J connectivity index is 2.89. The van der Waals surface area contributed by atoms with Gasteiger partial charge in [-0.05, 0) is 25.0 Å². The van der Waals surface area contributed by atoms with Gasteiger partial charge < -0.3 is 10.2 Å². The van der Waals surface area contributed by atoms with Gasteiger partial charge in [-0.2, -0.15) is 0 Å². The van der Waals surface area contributed by atoms with Crippen LogP contribution in [0.2, 0.25) is 5.02 Å². The number of likely N-dealkylation sites (N-methyl/N-ethyl adjacent to an activating group) is 1. The lowest BCUT2D eigenvalue weighted by Crippen LogP contribution is -2.50. The molecule has 2 amide bonds. The fourth-order valence-electron chi connectivity index (χ4n) is 1.77. The molecular formula is C15H21ClN2O2. The highest BCUT2D eigenvalue weighted by atomic mass is 35.5. The smallest absolute Gasteiger partial charge is 0.253 e. The molecule has 4 nitrogen and oxygen atoms in total. The molecule has 0 spiro atoms.